The minimum Gasteiger partial charge on any atom is -0.505 e. The van der Waals surface area contributed by atoms with Gasteiger partial charge < -0.3 is 9.84 Å². The topological polar surface area (TPSA) is 76.0 Å². The van der Waals surface area contributed by atoms with E-state index in [2.05, 4.69) is 25.8 Å². The van der Waals surface area contributed by atoms with Gasteiger partial charge in [-0.3, -0.25) is 0 Å². The highest BCUT2D eigenvalue weighted by atomic mass is 79.9. The van der Waals surface area contributed by atoms with Crippen molar-refractivity contribution in [3.63, 3.8) is 0 Å². The Bertz CT molecular complexity index is 453. The highest BCUT2D eigenvalue weighted by molar-refractivity contribution is 9.10. The fourth-order valence-corrected chi connectivity index (χ4v) is 1.39. The van der Waals surface area contributed by atoms with Crippen molar-refractivity contribution in [1.82, 2.24) is 0 Å². The summed E-state index contributed by atoms with van der Waals surface area (Å²) in [6.07, 6.45) is 0. The third-order valence-electron chi connectivity index (χ3n) is 1.90. The van der Waals surface area contributed by atoms with Gasteiger partial charge in [0.15, 0.2) is 5.76 Å². The zero-order valence-electron chi connectivity index (χ0n) is 9.01. The van der Waals surface area contributed by atoms with Crippen molar-refractivity contribution in [3.05, 3.63) is 44.9 Å². The monoisotopic (exact) mass is 299 g/mol. The summed E-state index contributed by atoms with van der Waals surface area (Å²) >= 11 is 3.23. The molecule has 0 aliphatic carbocycles. The van der Waals surface area contributed by atoms with Gasteiger partial charge in [0.25, 0.3) is 0 Å². The largest absolute Gasteiger partial charge is 0.505 e. The number of carbonyl (C=O) groups is 1. The number of carbonyl (C=O) groups excluding carboxylic acids is 1. The molecule has 0 unspecified atom stereocenters. The average molecular weight is 300 g/mol. The molecule has 0 saturated carbocycles. The molecular weight excluding hydrogens is 290 g/mol. The van der Waals surface area contributed by atoms with Crippen LogP contribution in [0.3, 0.4) is 0 Å². The van der Waals surface area contributed by atoms with Crippen LogP contribution in [0.2, 0.25) is 0 Å². The zero-order valence-corrected chi connectivity index (χ0v) is 10.6. The summed E-state index contributed by atoms with van der Waals surface area (Å²) in [7, 11) is 0. The number of ether oxygens (including phenoxy) is 1. The van der Waals surface area contributed by atoms with E-state index in [9.17, 15) is 14.8 Å². The van der Waals surface area contributed by atoms with E-state index in [1.165, 1.54) is 0 Å². The van der Waals surface area contributed by atoms with E-state index in [4.69, 9.17) is 0 Å². The van der Waals surface area contributed by atoms with Crippen LogP contribution in [0.25, 0.3) is 5.76 Å². The van der Waals surface area contributed by atoms with Crippen molar-refractivity contribution < 1.29 is 14.6 Å². The Balaban J connectivity index is 3.12. The molecule has 0 aromatic heterocycles. The van der Waals surface area contributed by atoms with E-state index in [0.29, 0.717) is 5.56 Å². The van der Waals surface area contributed by atoms with Crippen LogP contribution in [0.15, 0.2) is 39.6 Å². The van der Waals surface area contributed by atoms with Crippen LogP contribution >= 0.6 is 15.9 Å². The SMILES string of the molecule is CCOC(=O)/C(N=O)=C(\O)c1ccc(Br)cc1. The Hall–Kier alpha value is -1.69. The summed E-state index contributed by atoms with van der Waals surface area (Å²) in [5.74, 6) is -1.44. The lowest BCUT2D eigenvalue weighted by atomic mass is 10.1. The molecule has 0 bridgehead atoms. The summed E-state index contributed by atoms with van der Waals surface area (Å²) in [4.78, 5) is 21.8. The maximum atomic E-state index is 11.3. The van der Waals surface area contributed by atoms with Gasteiger partial charge in [-0.1, -0.05) is 28.1 Å². The second-order valence-corrected chi connectivity index (χ2v) is 3.93. The maximum Gasteiger partial charge on any atom is 0.364 e. The second kappa shape index (κ2) is 6.15. The lowest BCUT2D eigenvalue weighted by molar-refractivity contribution is -0.138. The number of esters is 1. The second-order valence-electron chi connectivity index (χ2n) is 3.02. The number of aliphatic hydroxyl groups is 1. The van der Waals surface area contributed by atoms with Crippen molar-refractivity contribution in [3.8, 4) is 0 Å². The summed E-state index contributed by atoms with van der Waals surface area (Å²) in [5, 5.41) is 12.2. The van der Waals surface area contributed by atoms with E-state index in [1.807, 2.05) is 0 Å². The Morgan fingerprint density at radius 2 is 2.00 bits per heavy atom. The van der Waals surface area contributed by atoms with E-state index in [1.54, 1.807) is 31.2 Å². The Kier molecular flexibility index (Phi) is 4.84. The first-order valence-electron chi connectivity index (χ1n) is 4.79. The average Bonchev–Trinajstić information content (AvgIpc) is 2.31. The van der Waals surface area contributed by atoms with Crippen LogP contribution in [0.4, 0.5) is 0 Å². The number of benzene rings is 1. The van der Waals surface area contributed by atoms with Gasteiger partial charge >= 0.3 is 5.97 Å². The van der Waals surface area contributed by atoms with Crippen LogP contribution in [0.5, 0.6) is 0 Å². The molecule has 1 N–H and O–H groups in total. The van der Waals surface area contributed by atoms with E-state index < -0.39 is 17.4 Å². The molecule has 0 aliphatic rings. The number of hydrogen-bond acceptors (Lipinski definition) is 5. The predicted octanol–water partition coefficient (Wildman–Crippen LogP) is 3.01. The van der Waals surface area contributed by atoms with Gasteiger partial charge in [-0.25, -0.2) is 4.79 Å². The number of halogens is 1. The lowest BCUT2D eigenvalue weighted by Crippen LogP contribution is -2.08. The van der Waals surface area contributed by atoms with E-state index in [0.717, 1.165) is 4.47 Å². The first-order valence-corrected chi connectivity index (χ1v) is 5.59. The molecule has 0 saturated heterocycles. The summed E-state index contributed by atoms with van der Waals surface area (Å²) in [6, 6.07) is 6.42. The summed E-state index contributed by atoms with van der Waals surface area (Å²) in [5.41, 5.74) is -0.315. The fourth-order valence-electron chi connectivity index (χ4n) is 1.12. The third-order valence-corrected chi connectivity index (χ3v) is 2.43. The Labute approximate surface area is 106 Å². The quantitative estimate of drug-likeness (QED) is 0.401. The molecule has 1 rings (SSSR count). The number of nitrogens with zero attached hydrogens (tertiary/aromatic N) is 1. The smallest absolute Gasteiger partial charge is 0.364 e. The fraction of sp³-hybridized carbons (Fsp3) is 0.182. The van der Waals surface area contributed by atoms with Crippen molar-refractivity contribution in [2.75, 3.05) is 6.61 Å². The third kappa shape index (κ3) is 3.39. The zero-order chi connectivity index (χ0) is 12.8. The summed E-state index contributed by atoms with van der Waals surface area (Å²) in [6.45, 7) is 1.70. The molecule has 1 aromatic rings. The molecule has 5 nitrogen and oxygen atoms in total. The molecule has 0 fully saturated rings. The molecule has 0 heterocycles. The lowest BCUT2D eigenvalue weighted by Gasteiger charge is -2.04. The molecule has 17 heavy (non-hydrogen) atoms. The normalized spacial score (nSPS) is 11.6. The molecule has 90 valence electrons. The maximum absolute atomic E-state index is 11.3. The van der Waals surface area contributed by atoms with Gasteiger partial charge in [0.1, 0.15) is 0 Å². The highest BCUT2D eigenvalue weighted by Crippen LogP contribution is 2.20. The number of nitroso groups, excluding NO2 is 1. The van der Waals surface area contributed by atoms with Crippen LogP contribution in [0, 0.1) is 4.91 Å². The van der Waals surface area contributed by atoms with Crippen LogP contribution < -0.4 is 0 Å². The van der Waals surface area contributed by atoms with E-state index in [-0.39, 0.29) is 6.61 Å². The molecular formula is C11H10BrNO4. The predicted molar refractivity (Wildman–Crippen MR) is 66.1 cm³/mol. The van der Waals surface area contributed by atoms with E-state index >= 15 is 0 Å². The van der Waals surface area contributed by atoms with Crippen LogP contribution in [0.1, 0.15) is 12.5 Å². The minimum absolute atomic E-state index is 0.103. The van der Waals surface area contributed by atoms with Crippen LogP contribution in [-0.2, 0) is 9.53 Å². The molecule has 6 heteroatoms. The standard InChI is InChI=1S/C11H10BrNO4/c1-2-17-11(15)9(13-16)10(14)7-3-5-8(12)6-4-7/h3-6,14H,2H2,1H3/b10-9+. The van der Waals surface area contributed by atoms with Gasteiger partial charge in [-0.15, -0.1) is 4.91 Å². The Morgan fingerprint density at radius 3 is 2.47 bits per heavy atom. The minimum atomic E-state index is -0.942. The molecule has 0 aliphatic heterocycles. The molecule has 0 spiro atoms. The van der Waals surface area contributed by atoms with Crippen molar-refractivity contribution >= 4 is 27.7 Å². The van der Waals surface area contributed by atoms with Gasteiger partial charge in [0.2, 0.25) is 5.70 Å². The van der Waals surface area contributed by atoms with Crippen molar-refractivity contribution in [2.45, 2.75) is 6.92 Å². The first-order chi connectivity index (χ1) is 8.10. The molecule has 0 radical (unpaired) electrons. The number of hydrogen-bond donors (Lipinski definition) is 1. The summed E-state index contributed by atoms with van der Waals surface area (Å²) < 4.78 is 5.41. The van der Waals surface area contributed by atoms with Gasteiger partial charge in [-0.05, 0) is 24.2 Å². The van der Waals surface area contributed by atoms with Gasteiger partial charge in [-0.2, -0.15) is 0 Å². The van der Waals surface area contributed by atoms with Crippen LogP contribution in [-0.4, -0.2) is 17.7 Å². The number of rotatable bonds is 4. The molecule has 1 aromatic carbocycles. The van der Waals surface area contributed by atoms with Gasteiger partial charge in [0.05, 0.1) is 6.61 Å². The first kappa shape index (κ1) is 13.4. The Morgan fingerprint density at radius 1 is 1.41 bits per heavy atom. The molecule has 0 atom stereocenters. The number of aliphatic hydroxyl groups excluding tert-OH is 1. The molecule has 0 amide bonds. The van der Waals surface area contributed by atoms with Crippen molar-refractivity contribution in [1.29, 1.82) is 0 Å². The highest BCUT2D eigenvalue weighted by Gasteiger charge is 2.18. The van der Waals surface area contributed by atoms with Crippen molar-refractivity contribution in [2.24, 2.45) is 5.18 Å². The van der Waals surface area contributed by atoms with Gasteiger partial charge in [0, 0.05) is 10.0 Å².